The molecule has 1 fully saturated rings. The van der Waals surface area contributed by atoms with Gasteiger partial charge in [-0.25, -0.2) is 13.2 Å². The van der Waals surface area contributed by atoms with Crippen molar-refractivity contribution in [2.24, 2.45) is 0 Å². The highest BCUT2D eigenvalue weighted by Gasteiger charge is 2.29. The first kappa shape index (κ1) is 17.4. The van der Waals surface area contributed by atoms with Crippen molar-refractivity contribution in [1.29, 1.82) is 0 Å². The number of nitrogens with zero attached hydrogens (tertiary/aromatic N) is 1. The van der Waals surface area contributed by atoms with Crippen LogP contribution in [0.3, 0.4) is 0 Å². The third-order valence-corrected chi connectivity index (χ3v) is 5.65. The summed E-state index contributed by atoms with van der Waals surface area (Å²) in [5.74, 6) is -0.533. The molecule has 1 unspecified atom stereocenters. The lowest BCUT2D eigenvalue weighted by atomic mass is 10.2. The Kier molecular flexibility index (Phi) is 5.60. The van der Waals surface area contributed by atoms with Crippen molar-refractivity contribution < 1.29 is 17.9 Å². The van der Waals surface area contributed by atoms with E-state index in [1.807, 2.05) is 6.92 Å². The molecular weight excluding hydrogens is 372 g/mol. The monoisotopic (exact) mass is 390 g/mol. The number of esters is 1. The van der Waals surface area contributed by atoms with Crippen LogP contribution >= 0.6 is 15.9 Å². The van der Waals surface area contributed by atoms with E-state index in [4.69, 9.17) is 4.74 Å². The van der Waals surface area contributed by atoms with E-state index in [0.717, 1.165) is 0 Å². The molecule has 6 nitrogen and oxygen atoms in total. The highest BCUT2D eigenvalue weighted by molar-refractivity contribution is 9.10. The number of hydrogen-bond acceptors (Lipinski definition) is 5. The van der Waals surface area contributed by atoms with E-state index < -0.39 is 16.0 Å². The van der Waals surface area contributed by atoms with Crippen molar-refractivity contribution in [1.82, 2.24) is 9.62 Å². The zero-order valence-electron chi connectivity index (χ0n) is 12.5. The average Bonchev–Trinajstić information content (AvgIpc) is 2.47. The van der Waals surface area contributed by atoms with Gasteiger partial charge in [-0.15, -0.1) is 0 Å². The van der Waals surface area contributed by atoms with E-state index in [1.54, 1.807) is 13.0 Å². The Balaban J connectivity index is 2.36. The van der Waals surface area contributed by atoms with Gasteiger partial charge >= 0.3 is 5.97 Å². The first-order valence-electron chi connectivity index (χ1n) is 7.06. The van der Waals surface area contributed by atoms with Crippen molar-refractivity contribution in [2.45, 2.75) is 24.8 Å². The summed E-state index contributed by atoms with van der Waals surface area (Å²) in [5, 5.41) is 3.20. The van der Waals surface area contributed by atoms with E-state index >= 15 is 0 Å². The zero-order chi connectivity index (χ0) is 16.3. The molecule has 0 aromatic heterocycles. The molecule has 0 spiro atoms. The van der Waals surface area contributed by atoms with E-state index in [1.165, 1.54) is 16.4 Å². The van der Waals surface area contributed by atoms with Gasteiger partial charge < -0.3 is 10.1 Å². The predicted octanol–water partition coefficient (Wildman–Crippen LogP) is 1.61. The molecule has 0 amide bonds. The highest BCUT2D eigenvalue weighted by atomic mass is 79.9. The standard InChI is InChI=1S/C14H19BrN2O4S/c1-3-21-14(18)11-6-12(15)8-13(7-11)22(19,20)17-5-4-16-10(2)9-17/h6-8,10,16H,3-5,9H2,1-2H3. The maximum Gasteiger partial charge on any atom is 0.338 e. The number of benzene rings is 1. The Bertz CT molecular complexity index is 663. The van der Waals surface area contributed by atoms with Crippen molar-refractivity contribution in [3.63, 3.8) is 0 Å². The SMILES string of the molecule is CCOC(=O)c1cc(Br)cc(S(=O)(=O)N2CCNC(C)C2)c1. The summed E-state index contributed by atoms with van der Waals surface area (Å²) in [6.45, 7) is 5.31. The van der Waals surface area contributed by atoms with Gasteiger partial charge in [0, 0.05) is 30.1 Å². The minimum Gasteiger partial charge on any atom is -0.462 e. The molecule has 1 atom stereocenters. The fourth-order valence-electron chi connectivity index (χ4n) is 2.31. The molecule has 1 aromatic rings. The first-order valence-corrected chi connectivity index (χ1v) is 9.29. The van der Waals surface area contributed by atoms with E-state index in [0.29, 0.717) is 24.1 Å². The molecule has 1 heterocycles. The van der Waals surface area contributed by atoms with Gasteiger partial charge in [0.25, 0.3) is 0 Å². The Morgan fingerprint density at radius 2 is 2.18 bits per heavy atom. The van der Waals surface area contributed by atoms with Gasteiger partial charge in [-0.3, -0.25) is 0 Å². The molecule has 1 aliphatic rings. The second-order valence-corrected chi connectivity index (χ2v) is 7.97. The Morgan fingerprint density at radius 3 is 2.82 bits per heavy atom. The highest BCUT2D eigenvalue weighted by Crippen LogP contribution is 2.24. The number of hydrogen-bond donors (Lipinski definition) is 1. The Labute approximate surface area is 139 Å². The first-order chi connectivity index (χ1) is 10.3. The molecule has 0 bridgehead atoms. The lowest BCUT2D eigenvalue weighted by molar-refractivity contribution is 0.0526. The molecule has 2 rings (SSSR count). The molecule has 122 valence electrons. The number of rotatable bonds is 4. The molecular formula is C14H19BrN2O4S. The van der Waals surface area contributed by atoms with Crippen LogP contribution < -0.4 is 5.32 Å². The van der Waals surface area contributed by atoms with E-state index in [-0.39, 0.29) is 23.1 Å². The third kappa shape index (κ3) is 3.87. The van der Waals surface area contributed by atoms with Gasteiger partial charge in [-0.1, -0.05) is 15.9 Å². The molecule has 1 aromatic carbocycles. The van der Waals surface area contributed by atoms with Crippen LogP contribution in [-0.2, 0) is 14.8 Å². The molecule has 22 heavy (non-hydrogen) atoms. The van der Waals surface area contributed by atoms with Crippen LogP contribution in [0, 0.1) is 0 Å². The number of sulfonamides is 1. The van der Waals surface area contributed by atoms with Crippen LogP contribution in [0.2, 0.25) is 0 Å². The topological polar surface area (TPSA) is 75.7 Å². The van der Waals surface area contributed by atoms with E-state index in [2.05, 4.69) is 21.2 Å². The predicted molar refractivity (Wildman–Crippen MR) is 86.3 cm³/mol. The second-order valence-electron chi connectivity index (χ2n) is 5.11. The fraction of sp³-hybridized carbons (Fsp3) is 0.500. The summed E-state index contributed by atoms with van der Waals surface area (Å²) >= 11 is 3.26. The number of nitrogens with one attached hydrogen (secondary N) is 1. The van der Waals surface area contributed by atoms with Gasteiger partial charge in [0.2, 0.25) is 10.0 Å². The minimum absolute atomic E-state index is 0.0963. The normalized spacial score (nSPS) is 19.9. The molecule has 1 N–H and O–H groups in total. The van der Waals surface area contributed by atoms with Gasteiger partial charge in [-0.2, -0.15) is 4.31 Å². The molecule has 1 saturated heterocycles. The summed E-state index contributed by atoms with van der Waals surface area (Å²) in [7, 11) is -3.63. The maximum absolute atomic E-state index is 12.7. The van der Waals surface area contributed by atoms with Crippen LogP contribution in [0.1, 0.15) is 24.2 Å². The number of halogens is 1. The maximum atomic E-state index is 12.7. The number of piperazine rings is 1. The minimum atomic E-state index is -3.63. The summed E-state index contributed by atoms with van der Waals surface area (Å²) in [5.41, 5.74) is 0.220. The number of carbonyl (C=O) groups is 1. The van der Waals surface area contributed by atoms with Crippen molar-refractivity contribution in [2.75, 3.05) is 26.2 Å². The van der Waals surface area contributed by atoms with Crippen LogP contribution in [0.15, 0.2) is 27.6 Å². The second kappa shape index (κ2) is 7.08. The summed E-state index contributed by atoms with van der Waals surface area (Å²) in [6, 6.07) is 4.52. The van der Waals surface area contributed by atoms with Crippen LogP contribution in [0.5, 0.6) is 0 Å². The van der Waals surface area contributed by atoms with Crippen LogP contribution in [-0.4, -0.2) is 51.0 Å². The number of carbonyl (C=O) groups excluding carboxylic acids is 1. The molecule has 0 aliphatic carbocycles. The van der Waals surface area contributed by atoms with Gasteiger partial charge in [-0.05, 0) is 32.0 Å². The average molecular weight is 391 g/mol. The Hall–Kier alpha value is -0.960. The Morgan fingerprint density at radius 1 is 1.45 bits per heavy atom. The van der Waals surface area contributed by atoms with Crippen molar-refractivity contribution in [3.05, 3.63) is 28.2 Å². The molecule has 0 saturated carbocycles. The molecule has 0 radical (unpaired) electrons. The lowest BCUT2D eigenvalue weighted by Crippen LogP contribution is -2.51. The van der Waals surface area contributed by atoms with E-state index in [9.17, 15) is 13.2 Å². The summed E-state index contributed by atoms with van der Waals surface area (Å²) < 4.78 is 32.4. The fourth-order valence-corrected chi connectivity index (χ4v) is 4.55. The largest absolute Gasteiger partial charge is 0.462 e. The van der Waals surface area contributed by atoms with Crippen molar-refractivity contribution in [3.8, 4) is 0 Å². The smallest absolute Gasteiger partial charge is 0.338 e. The van der Waals surface area contributed by atoms with Gasteiger partial charge in [0.05, 0.1) is 17.1 Å². The van der Waals surface area contributed by atoms with Gasteiger partial charge in [0.1, 0.15) is 0 Å². The molecule has 8 heteroatoms. The number of ether oxygens (including phenoxy) is 1. The van der Waals surface area contributed by atoms with Gasteiger partial charge in [0.15, 0.2) is 0 Å². The third-order valence-electron chi connectivity index (χ3n) is 3.35. The summed E-state index contributed by atoms with van der Waals surface area (Å²) in [4.78, 5) is 11.9. The quantitative estimate of drug-likeness (QED) is 0.790. The van der Waals surface area contributed by atoms with Crippen LogP contribution in [0.25, 0.3) is 0 Å². The molecule has 1 aliphatic heterocycles. The van der Waals surface area contributed by atoms with Crippen LogP contribution in [0.4, 0.5) is 0 Å². The zero-order valence-corrected chi connectivity index (χ0v) is 14.9. The van der Waals surface area contributed by atoms with Crippen molar-refractivity contribution >= 4 is 31.9 Å². The summed E-state index contributed by atoms with van der Waals surface area (Å²) in [6.07, 6.45) is 0. The lowest BCUT2D eigenvalue weighted by Gasteiger charge is -2.31.